The lowest BCUT2D eigenvalue weighted by Crippen LogP contribution is -2.29. The number of aromatic hydroxyl groups is 1. The first-order valence-electron chi connectivity index (χ1n) is 11.4. The third-order valence-corrected chi connectivity index (χ3v) is 6.03. The minimum absolute atomic E-state index is 0.00905. The van der Waals surface area contributed by atoms with Gasteiger partial charge in [0.1, 0.15) is 17.3 Å². The molecule has 37 heavy (non-hydrogen) atoms. The molecule has 0 aliphatic carbocycles. The van der Waals surface area contributed by atoms with Gasteiger partial charge >= 0.3 is 5.97 Å². The van der Waals surface area contributed by atoms with E-state index in [9.17, 15) is 24.6 Å². The molecule has 1 fully saturated rings. The zero-order chi connectivity index (χ0) is 26.9. The summed E-state index contributed by atoms with van der Waals surface area (Å²) < 4.78 is 10.5. The fourth-order valence-corrected chi connectivity index (χ4v) is 4.29. The quantitative estimate of drug-likeness (QED) is 0.197. The molecule has 1 heterocycles. The van der Waals surface area contributed by atoms with Crippen LogP contribution in [0.15, 0.2) is 72.3 Å². The monoisotopic (exact) mass is 521 g/mol. The van der Waals surface area contributed by atoms with Gasteiger partial charge in [-0.3, -0.25) is 14.5 Å². The first kappa shape index (κ1) is 25.8. The van der Waals surface area contributed by atoms with E-state index >= 15 is 0 Å². The normalized spacial score (nSPS) is 16.8. The number of nitrogens with zero attached hydrogens (tertiary/aromatic N) is 1. The van der Waals surface area contributed by atoms with Gasteiger partial charge in [-0.25, -0.2) is 4.79 Å². The van der Waals surface area contributed by atoms with Gasteiger partial charge in [-0.05, 0) is 74.0 Å². The van der Waals surface area contributed by atoms with Crippen molar-refractivity contribution in [1.82, 2.24) is 0 Å². The van der Waals surface area contributed by atoms with Crippen LogP contribution in [-0.4, -0.2) is 41.1 Å². The lowest BCUT2D eigenvalue weighted by Gasteiger charge is -2.25. The number of ether oxygens (including phenoxy) is 2. The molecule has 8 nitrogen and oxygen atoms in total. The molecule has 0 bridgehead atoms. The zero-order valence-corrected chi connectivity index (χ0v) is 21.0. The van der Waals surface area contributed by atoms with Crippen molar-refractivity contribution in [3.63, 3.8) is 0 Å². The Balaban J connectivity index is 1.88. The van der Waals surface area contributed by atoms with Crippen LogP contribution in [0, 0.1) is 0 Å². The molecule has 1 amide bonds. The second kappa shape index (κ2) is 10.4. The summed E-state index contributed by atoms with van der Waals surface area (Å²) in [6.07, 6.45) is -0.303. The highest BCUT2D eigenvalue weighted by molar-refractivity contribution is 6.51. The average molecular weight is 522 g/mol. The summed E-state index contributed by atoms with van der Waals surface area (Å²) in [5.41, 5.74) is 1.02. The van der Waals surface area contributed by atoms with E-state index in [0.29, 0.717) is 16.3 Å². The Labute approximate surface area is 218 Å². The van der Waals surface area contributed by atoms with Crippen molar-refractivity contribution in [1.29, 1.82) is 0 Å². The molecule has 1 saturated heterocycles. The van der Waals surface area contributed by atoms with Crippen molar-refractivity contribution in [3.8, 4) is 11.5 Å². The minimum atomic E-state index is -1.04. The lowest BCUT2D eigenvalue weighted by molar-refractivity contribution is -0.132. The molecule has 190 valence electrons. The summed E-state index contributed by atoms with van der Waals surface area (Å²) in [6, 6.07) is 15.5. The number of rotatable bonds is 6. The Morgan fingerprint density at radius 2 is 1.65 bits per heavy atom. The standard InChI is InChI=1S/C28H24ClNO7/c1-15(2)37-28(35)17-4-9-19(10-5-17)30-24(16-6-11-20(31)12-7-16)23(26(33)27(30)34)25(32)21-14-18(29)8-13-22(21)36-3/h4-15,24,31-32H,1-3H3/b25-23+. The van der Waals surface area contributed by atoms with E-state index in [1.54, 1.807) is 32.0 Å². The molecular weight excluding hydrogens is 498 g/mol. The van der Waals surface area contributed by atoms with Gasteiger partial charge in [-0.1, -0.05) is 23.7 Å². The van der Waals surface area contributed by atoms with Crippen LogP contribution in [0.1, 0.15) is 41.4 Å². The summed E-state index contributed by atoms with van der Waals surface area (Å²) in [4.78, 5) is 40.1. The van der Waals surface area contributed by atoms with Crippen LogP contribution in [-0.2, 0) is 14.3 Å². The van der Waals surface area contributed by atoms with E-state index in [2.05, 4.69) is 0 Å². The highest BCUT2D eigenvalue weighted by Gasteiger charge is 2.47. The average Bonchev–Trinajstić information content (AvgIpc) is 3.14. The number of hydrogen-bond donors (Lipinski definition) is 2. The number of carbonyl (C=O) groups excluding carboxylic acids is 3. The summed E-state index contributed by atoms with van der Waals surface area (Å²) >= 11 is 6.14. The molecule has 1 aliphatic rings. The largest absolute Gasteiger partial charge is 0.508 e. The minimum Gasteiger partial charge on any atom is -0.508 e. The molecule has 3 aromatic carbocycles. The number of esters is 1. The van der Waals surface area contributed by atoms with Gasteiger partial charge in [0.15, 0.2) is 0 Å². The second-order valence-electron chi connectivity index (χ2n) is 8.61. The van der Waals surface area contributed by atoms with Crippen molar-refractivity contribution in [2.24, 2.45) is 0 Å². The summed E-state index contributed by atoms with van der Waals surface area (Å²) in [7, 11) is 1.40. The number of methoxy groups -OCH3 is 1. The number of phenolic OH excluding ortho intramolecular Hbond substituents is 1. The SMILES string of the molecule is COc1ccc(Cl)cc1/C(O)=C1\C(=O)C(=O)N(c2ccc(C(=O)OC(C)C)cc2)C1c1ccc(O)cc1. The van der Waals surface area contributed by atoms with Gasteiger partial charge in [-0.15, -0.1) is 0 Å². The molecule has 0 aromatic heterocycles. The van der Waals surface area contributed by atoms with Gasteiger partial charge in [0.05, 0.1) is 36.0 Å². The number of halogens is 1. The summed E-state index contributed by atoms with van der Waals surface area (Å²) in [5, 5.41) is 21.4. The van der Waals surface area contributed by atoms with Crippen LogP contribution < -0.4 is 9.64 Å². The van der Waals surface area contributed by atoms with Crippen LogP contribution in [0.25, 0.3) is 5.76 Å². The van der Waals surface area contributed by atoms with Crippen LogP contribution in [0.5, 0.6) is 11.5 Å². The smallest absolute Gasteiger partial charge is 0.338 e. The summed E-state index contributed by atoms with van der Waals surface area (Å²) in [5.74, 6) is -2.53. The Bertz CT molecular complexity index is 1400. The van der Waals surface area contributed by atoms with Crippen molar-refractivity contribution in [3.05, 3.63) is 94.0 Å². The maximum atomic E-state index is 13.3. The maximum absolute atomic E-state index is 13.3. The number of anilines is 1. The predicted octanol–water partition coefficient (Wildman–Crippen LogP) is 5.25. The number of Topliss-reactive ketones (excluding diaryl/α,β-unsaturated/α-hetero) is 1. The lowest BCUT2D eigenvalue weighted by atomic mass is 9.94. The first-order chi connectivity index (χ1) is 17.6. The van der Waals surface area contributed by atoms with E-state index in [1.807, 2.05) is 0 Å². The van der Waals surface area contributed by atoms with Gasteiger partial charge in [0.25, 0.3) is 11.7 Å². The van der Waals surface area contributed by atoms with Crippen LogP contribution >= 0.6 is 11.6 Å². The molecule has 0 saturated carbocycles. The molecule has 0 spiro atoms. The molecule has 3 aromatic rings. The second-order valence-corrected chi connectivity index (χ2v) is 9.04. The Hall–Kier alpha value is -4.30. The van der Waals surface area contributed by atoms with E-state index in [1.165, 1.54) is 60.5 Å². The number of aliphatic hydroxyl groups excluding tert-OH is 1. The molecule has 4 rings (SSSR count). The number of aliphatic hydroxyl groups is 1. The van der Waals surface area contributed by atoms with Gasteiger partial charge in [0.2, 0.25) is 0 Å². The molecule has 1 unspecified atom stereocenters. The van der Waals surface area contributed by atoms with Crippen molar-refractivity contribution in [2.75, 3.05) is 12.0 Å². The Kier molecular flexibility index (Phi) is 7.22. The van der Waals surface area contributed by atoms with Crippen molar-refractivity contribution in [2.45, 2.75) is 26.0 Å². The molecule has 0 radical (unpaired) electrons. The topological polar surface area (TPSA) is 113 Å². The fourth-order valence-electron chi connectivity index (χ4n) is 4.12. The molecule has 1 aliphatic heterocycles. The Morgan fingerprint density at radius 1 is 1.00 bits per heavy atom. The number of amides is 1. The van der Waals surface area contributed by atoms with E-state index < -0.39 is 29.5 Å². The van der Waals surface area contributed by atoms with E-state index in [0.717, 1.165) is 0 Å². The highest BCUT2D eigenvalue weighted by Crippen LogP contribution is 2.43. The van der Waals surface area contributed by atoms with Crippen LogP contribution in [0.2, 0.25) is 5.02 Å². The maximum Gasteiger partial charge on any atom is 0.338 e. The van der Waals surface area contributed by atoms with Gasteiger partial charge < -0.3 is 19.7 Å². The highest BCUT2D eigenvalue weighted by atomic mass is 35.5. The van der Waals surface area contributed by atoms with E-state index in [4.69, 9.17) is 21.1 Å². The van der Waals surface area contributed by atoms with Crippen molar-refractivity contribution < 1.29 is 34.1 Å². The van der Waals surface area contributed by atoms with Gasteiger partial charge in [0, 0.05) is 10.7 Å². The summed E-state index contributed by atoms with van der Waals surface area (Å²) in [6.45, 7) is 3.47. The first-order valence-corrected chi connectivity index (χ1v) is 11.7. The number of phenols is 1. The molecule has 9 heteroatoms. The number of carbonyl (C=O) groups is 3. The third kappa shape index (κ3) is 5.01. The zero-order valence-electron chi connectivity index (χ0n) is 20.3. The van der Waals surface area contributed by atoms with Gasteiger partial charge in [-0.2, -0.15) is 0 Å². The number of hydrogen-bond acceptors (Lipinski definition) is 7. The number of ketones is 1. The van der Waals surface area contributed by atoms with Crippen molar-refractivity contribution >= 4 is 40.7 Å². The Morgan fingerprint density at radius 3 is 2.24 bits per heavy atom. The molecule has 2 N–H and O–H groups in total. The van der Waals surface area contributed by atoms with Crippen LogP contribution in [0.3, 0.4) is 0 Å². The van der Waals surface area contributed by atoms with Crippen LogP contribution in [0.4, 0.5) is 5.69 Å². The number of benzene rings is 3. The molecule has 1 atom stereocenters. The molecular formula is C28H24ClNO7. The van der Waals surface area contributed by atoms with E-state index in [-0.39, 0.29) is 34.3 Å². The predicted molar refractivity (Wildman–Crippen MR) is 138 cm³/mol. The fraction of sp³-hybridized carbons (Fsp3) is 0.179. The third-order valence-electron chi connectivity index (χ3n) is 5.79.